The first-order valence-electron chi connectivity index (χ1n) is 7.35. The summed E-state index contributed by atoms with van der Waals surface area (Å²) in [5, 5.41) is 0. The molecule has 0 aliphatic carbocycles. The van der Waals surface area contributed by atoms with Crippen molar-refractivity contribution in [3.8, 4) is 11.5 Å². The van der Waals surface area contributed by atoms with Gasteiger partial charge in [0.05, 0.1) is 13.7 Å². The SMILES string of the molecule is CCOc1cccc(C=CC(=O)c2ccc(SC)c(OC)c2)c1. The number of thioether (sulfide) groups is 1. The van der Waals surface area contributed by atoms with Crippen molar-refractivity contribution in [3.05, 3.63) is 59.7 Å². The molecule has 2 aromatic rings. The molecule has 0 saturated heterocycles. The highest BCUT2D eigenvalue weighted by Gasteiger charge is 2.07. The van der Waals surface area contributed by atoms with Crippen LogP contribution in [0.15, 0.2) is 53.4 Å². The van der Waals surface area contributed by atoms with Crippen LogP contribution in [0.1, 0.15) is 22.8 Å². The Kier molecular flexibility index (Phi) is 6.29. The quantitative estimate of drug-likeness (QED) is 0.419. The summed E-state index contributed by atoms with van der Waals surface area (Å²) in [5.74, 6) is 1.46. The monoisotopic (exact) mass is 328 g/mol. The number of methoxy groups -OCH3 is 1. The van der Waals surface area contributed by atoms with E-state index in [9.17, 15) is 4.79 Å². The molecule has 0 bridgehead atoms. The number of ether oxygens (including phenoxy) is 2. The summed E-state index contributed by atoms with van der Waals surface area (Å²) in [5.41, 5.74) is 1.54. The maximum absolute atomic E-state index is 12.3. The highest BCUT2D eigenvalue weighted by molar-refractivity contribution is 7.98. The van der Waals surface area contributed by atoms with Crippen molar-refractivity contribution < 1.29 is 14.3 Å². The second-order valence-corrected chi connectivity index (χ2v) is 5.62. The molecular weight excluding hydrogens is 308 g/mol. The van der Waals surface area contributed by atoms with Gasteiger partial charge in [0.25, 0.3) is 0 Å². The van der Waals surface area contributed by atoms with Crippen molar-refractivity contribution in [1.29, 1.82) is 0 Å². The molecule has 0 spiro atoms. The minimum Gasteiger partial charge on any atom is -0.496 e. The van der Waals surface area contributed by atoms with E-state index >= 15 is 0 Å². The lowest BCUT2D eigenvalue weighted by Crippen LogP contribution is -1.96. The maximum atomic E-state index is 12.3. The van der Waals surface area contributed by atoms with Crippen LogP contribution < -0.4 is 9.47 Å². The Balaban J connectivity index is 2.16. The zero-order chi connectivity index (χ0) is 16.7. The number of rotatable bonds is 7. The van der Waals surface area contributed by atoms with Gasteiger partial charge in [-0.05, 0) is 55.2 Å². The normalized spacial score (nSPS) is 10.7. The molecule has 0 atom stereocenters. The second kappa shape index (κ2) is 8.44. The van der Waals surface area contributed by atoms with Crippen molar-refractivity contribution >= 4 is 23.6 Å². The fourth-order valence-electron chi connectivity index (χ4n) is 2.13. The minimum atomic E-state index is -0.0576. The van der Waals surface area contributed by atoms with E-state index in [0.29, 0.717) is 12.2 Å². The number of hydrogen-bond donors (Lipinski definition) is 0. The van der Waals surface area contributed by atoms with E-state index in [1.165, 1.54) is 0 Å². The molecule has 4 heteroatoms. The Bertz CT molecular complexity index is 708. The average Bonchev–Trinajstić information content (AvgIpc) is 2.59. The Morgan fingerprint density at radius 1 is 1.22 bits per heavy atom. The third-order valence-corrected chi connectivity index (χ3v) is 4.04. The molecule has 0 saturated carbocycles. The highest BCUT2D eigenvalue weighted by Crippen LogP contribution is 2.28. The first-order chi connectivity index (χ1) is 11.2. The van der Waals surface area contributed by atoms with Crippen molar-refractivity contribution in [3.63, 3.8) is 0 Å². The van der Waals surface area contributed by atoms with E-state index in [0.717, 1.165) is 22.0 Å². The van der Waals surface area contributed by atoms with Crippen LogP contribution in [0, 0.1) is 0 Å². The lowest BCUT2D eigenvalue weighted by atomic mass is 10.1. The Morgan fingerprint density at radius 3 is 2.74 bits per heavy atom. The lowest BCUT2D eigenvalue weighted by Gasteiger charge is -2.07. The van der Waals surface area contributed by atoms with Gasteiger partial charge in [0, 0.05) is 10.5 Å². The third kappa shape index (κ3) is 4.63. The van der Waals surface area contributed by atoms with E-state index in [-0.39, 0.29) is 5.78 Å². The molecule has 120 valence electrons. The molecular formula is C19H20O3S. The van der Waals surface area contributed by atoms with Gasteiger partial charge in [-0.15, -0.1) is 11.8 Å². The maximum Gasteiger partial charge on any atom is 0.185 e. The molecule has 3 nitrogen and oxygen atoms in total. The van der Waals surface area contributed by atoms with E-state index in [4.69, 9.17) is 9.47 Å². The summed E-state index contributed by atoms with van der Waals surface area (Å²) in [4.78, 5) is 13.3. The molecule has 2 rings (SSSR count). The van der Waals surface area contributed by atoms with Crippen molar-refractivity contribution in [2.24, 2.45) is 0 Å². The molecule has 0 aliphatic rings. The number of carbonyl (C=O) groups excluding carboxylic acids is 1. The Morgan fingerprint density at radius 2 is 2.04 bits per heavy atom. The Hall–Kier alpha value is -2.20. The predicted molar refractivity (Wildman–Crippen MR) is 95.8 cm³/mol. The second-order valence-electron chi connectivity index (χ2n) is 4.77. The first-order valence-corrected chi connectivity index (χ1v) is 8.57. The van der Waals surface area contributed by atoms with Crippen LogP contribution in [-0.2, 0) is 0 Å². The summed E-state index contributed by atoms with van der Waals surface area (Å²) in [7, 11) is 1.61. The molecule has 0 radical (unpaired) electrons. The largest absolute Gasteiger partial charge is 0.496 e. The molecule has 0 aromatic heterocycles. The summed E-state index contributed by atoms with van der Waals surface area (Å²) < 4.78 is 10.8. The van der Waals surface area contributed by atoms with Crippen molar-refractivity contribution in [2.45, 2.75) is 11.8 Å². The molecule has 23 heavy (non-hydrogen) atoms. The number of allylic oxidation sites excluding steroid dienone is 1. The van der Waals surface area contributed by atoms with Crippen molar-refractivity contribution in [1.82, 2.24) is 0 Å². The number of benzene rings is 2. The number of hydrogen-bond acceptors (Lipinski definition) is 4. The summed E-state index contributed by atoms with van der Waals surface area (Å²) in [6, 6.07) is 13.1. The number of carbonyl (C=O) groups is 1. The van der Waals surface area contributed by atoms with Gasteiger partial charge in [-0.25, -0.2) is 0 Å². The highest BCUT2D eigenvalue weighted by atomic mass is 32.2. The summed E-state index contributed by atoms with van der Waals surface area (Å²) >= 11 is 1.59. The van der Waals surface area contributed by atoms with Gasteiger partial charge in [0.15, 0.2) is 5.78 Å². The molecule has 0 amide bonds. The van der Waals surface area contributed by atoms with Gasteiger partial charge >= 0.3 is 0 Å². The van der Waals surface area contributed by atoms with Crippen LogP contribution in [-0.4, -0.2) is 25.8 Å². The summed E-state index contributed by atoms with van der Waals surface area (Å²) in [6.45, 7) is 2.56. The lowest BCUT2D eigenvalue weighted by molar-refractivity contribution is 0.104. The topological polar surface area (TPSA) is 35.5 Å². The van der Waals surface area contributed by atoms with Gasteiger partial charge in [-0.1, -0.05) is 18.2 Å². The van der Waals surface area contributed by atoms with Crippen molar-refractivity contribution in [2.75, 3.05) is 20.0 Å². The molecule has 0 fully saturated rings. The summed E-state index contributed by atoms with van der Waals surface area (Å²) in [6.07, 6.45) is 5.34. The molecule has 0 heterocycles. The van der Waals surface area contributed by atoms with E-state index in [1.54, 1.807) is 37.1 Å². The van der Waals surface area contributed by atoms with E-state index in [2.05, 4.69) is 0 Å². The van der Waals surface area contributed by atoms with Crippen LogP contribution in [0.2, 0.25) is 0 Å². The van der Waals surface area contributed by atoms with Gasteiger partial charge in [0.2, 0.25) is 0 Å². The Labute approximate surface area is 141 Å². The standard InChI is InChI=1S/C19H20O3S/c1-4-22-16-7-5-6-14(12-16)8-10-17(20)15-9-11-19(23-3)18(13-15)21-2/h5-13H,4H2,1-3H3. The predicted octanol–water partition coefficient (Wildman–Crippen LogP) is 4.71. The van der Waals surface area contributed by atoms with Crippen LogP contribution in [0.4, 0.5) is 0 Å². The van der Waals surface area contributed by atoms with Crippen LogP contribution >= 0.6 is 11.8 Å². The first kappa shape index (κ1) is 17.2. The van der Waals surface area contributed by atoms with Gasteiger partial charge in [-0.2, -0.15) is 0 Å². The average molecular weight is 328 g/mol. The molecule has 0 N–H and O–H groups in total. The fourth-order valence-corrected chi connectivity index (χ4v) is 2.68. The van der Waals surface area contributed by atoms with E-state index < -0.39 is 0 Å². The molecule has 0 unspecified atom stereocenters. The van der Waals surface area contributed by atoms with E-state index in [1.807, 2.05) is 49.6 Å². The zero-order valence-electron chi connectivity index (χ0n) is 13.5. The zero-order valence-corrected chi connectivity index (χ0v) is 14.4. The smallest absolute Gasteiger partial charge is 0.185 e. The molecule has 0 aliphatic heterocycles. The number of ketones is 1. The van der Waals surface area contributed by atoms with Gasteiger partial charge in [-0.3, -0.25) is 4.79 Å². The minimum absolute atomic E-state index is 0.0576. The molecule has 2 aromatic carbocycles. The third-order valence-electron chi connectivity index (χ3n) is 3.26. The van der Waals surface area contributed by atoms with Crippen LogP contribution in [0.3, 0.4) is 0 Å². The van der Waals surface area contributed by atoms with Gasteiger partial charge in [0.1, 0.15) is 11.5 Å². The van der Waals surface area contributed by atoms with Gasteiger partial charge < -0.3 is 9.47 Å². The fraction of sp³-hybridized carbons (Fsp3) is 0.211. The van der Waals surface area contributed by atoms with Crippen LogP contribution in [0.5, 0.6) is 11.5 Å². The van der Waals surface area contributed by atoms with Crippen LogP contribution in [0.25, 0.3) is 6.08 Å².